The zero-order valence-electron chi connectivity index (χ0n) is 9.79. The van der Waals surface area contributed by atoms with Crippen molar-refractivity contribution in [1.82, 2.24) is 0 Å². The highest BCUT2D eigenvalue weighted by molar-refractivity contribution is 6.30. The Kier molecular flexibility index (Phi) is 4.65. The highest BCUT2D eigenvalue weighted by Gasteiger charge is 2.37. The quantitative estimate of drug-likeness (QED) is 0.895. The van der Waals surface area contributed by atoms with Crippen molar-refractivity contribution in [2.24, 2.45) is 5.73 Å². The molecule has 3 N–H and O–H groups in total. The van der Waals surface area contributed by atoms with Gasteiger partial charge in [0.15, 0.2) is 0 Å². The van der Waals surface area contributed by atoms with Crippen molar-refractivity contribution < 1.29 is 27.8 Å². The lowest BCUT2D eigenvalue weighted by molar-refractivity contribution is -0.140. The fourth-order valence-electron chi connectivity index (χ4n) is 1.67. The van der Waals surface area contributed by atoms with Crippen LogP contribution < -0.4 is 10.5 Å². The molecule has 0 heterocycles. The van der Waals surface area contributed by atoms with E-state index in [2.05, 4.69) is 0 Å². The van der Waals surface area contributed by atoms with E-state index in [4.69, 9.17) is 27.2 Å². The number of hydrogen-bond donors (Lipinski definition) is 2. The summed E-state index contributed by atoms with van der Waals surface area (Å²) >= 11 is 5.60. The number of halogens is 4. The molecule has 0 aliphatic rings. The number of alkyl halides is 3. The zero-order valence-corrected chi connectivity index (χ0v) is 10.5. The van der Waals surface area contributed by atoms with Gasteiger partial charge in [0.25, 0.3) is 0 Å². The first-order valence-electron chi connectivity index (χ1n) is 5.09. The maximum Gasteiger partial charge on any atom is 0.420 e. The van der Waals surface area contributed by atoms with Crippen molar-refractivity contribution in [3.63, 3.8) is 0 Å². The molecule has 1 unspecified atom stereocenters. The van der Waals surface area contributed by atoms with E-state index in [1.54, 1.807) is 0 Å². The van der Waals surface area contributed by atoms with Gasteiger partial charge in [0, 0.05) is 17.1 Å². The fourth-order valence-corrected chi connectivity index (χ4v) is 1.90. The van der Waals surface area contributed by atoms with Crippen molar-refractivity contribution in [3.8, 4) is 5.75 Å². The first-order chi connectivity index (χ1) is 8.72. The molecule has 0 aliphatic heterocycles. The van der Waals surface area contributed by atoms with E-state index in [0.29, 0.717) is 6.07 Å². The van der Waals surface area contributed by atoms with Gasteiger partial charge in [-0.15, -0.1) is 0 Å². The van der Waals surface area contributed by atoms with Crippen LogP contribution in [0.25, 0.3) is 0 Å². The molecular formula is C11H11ClF3NO3. The monoisotopic (exact) mass is 297 g/mol. The molecule has 4 nitrogen and oxygen atoms in total. The number of rotatable bonds is 4. The van der Waals surface area contributed by atoms with Gasteiger partial charge in [-0.3, -0.25) is 4.79 Å². The maximum atomic E-state index is 12.8. The number of nitrogens with two attached hydrogens (primary N) is 1. The molecule has 0 amide bonds. The number of aliphatic carboxylic acids is 1. The van der Waals surface area contributed by atoms with E-state index < -0.39 is 29.4 Å². The topological polar surface area (TPSA) is 72.5 Å². The van der Waals surface area contributed by atoms with Crippen LogP contribution in [0.3, 0.4) is 0 Å². The van der Waals surface area contributed by atoms with Gasteiger partial charge in [0.1, 0.15) is 5.75 Å². The minimum absolute atomic E-state index is 0.197. The molecule has 1 aromatic carbocycles. The third-order valence-electron chi connectivity index (χ3n) is 2.50. The summed E-state index contributed by atoms with van der Waals surface area (Å²) in [7, 11) is 1.03. The molecule has 0 aromatic heterocycles. The van der Waals surface area contributed by atoms with Crippen LogP contribution in [0.5, 0.6) is 5.75 Å². The minimum atomic E-state index is -4.71. The van der Waals surface area contributed by atoms with Gasteiger partial charge < -0.3 is 15.6 Å². The Hall–Kier alpha value is -1.47. The second kappa shape index (κ2) is 5.66. The molecule has 8 heteroatoms. The van der Waals surface area contributed by atoms with Gasteiger partial charge in [0.2, 0.25) is 0 Å². The van der Waals surface area contributed by atoms with Crippen LogP contribution in [0.4, 0.5) is 13.2 Å². The molecule has 0 saturated carbocycles. The number of ether oxygens (including phenoxy) is 1. The Bertz CT molecular complexity index is 491. The SMILES string of the molecule is COc1c(C(CN)C(=O)O)cc(Cl)cc1C(F)(F)F. The van der Waals surface area contributed by atoms with Crippen LogP contribution in [0.1, 0.15) is 17.0 Å². The average molecular weight is 298 g/mol. The first kappa shape index (κ1) is 15.6. The lowest BCUT2D eigenvalue weighted by Crippen LogP contribution is -2.23. The molecule has 1 aromatic rings. The van der Waals surface area contributed by atoms with Gasteiger partial charge in [-0.2, -0.15) is 13.2 Å². The van der Waals surface area contributed by atoms with Crippen molar-refractivity contribution in [1.29, 1.82) is 0 Å². The lowest BCUT2D eigenvalue weighted by Gasteiger charge is -2.19. The number of carboxylic acid groups (broad SMARTS) is 1. The van der Waals surface area contributed by atoms with E-state index in [9.17, 15) is 18.0 Å². The Morgan fingerprint density at radius 2 is 2.11 bits per heavy atom. The molecule has 0 spiro atoms. The Labute approximate surface area is 111 Å². The summed E-state index contributed by atoms with van der Waals surface area (Å²) < 4.78 is 43.2. The first-order valence-corrected chi connectivity index (χ1v) is 5.47. The lowest BCUT2D eigenvalue weighted by atomic mass is 9.95. The van der Waals surface area contributed by atoms with E-state index in [1.165, 1.54) is 0 Å². The van der Waals surface area contributed by atoms with Gasteiger partial charge in [0.05, 0.1) is 18.6 Å². The molecule has 0 radical (unpaired) electrons. The number of carbonyl (C=O) groups is 1. The van der Waals surface area contributed by atoms with Crippen LogP contribution >= 0.6 is 11.6 Å². The van der Waals surface area contributed by atoms with Crippen molar-refractivity contribution in [2.45, 2.75) is 12.1 Å². The summed E-state index contributed by atoms with van der Waals surface area (Å²) in [6.45, 7) is -0.372. The van der Waals surface area contributed by atoms with Gasteiger partial charge >= 0.3 is 12.1 Å². The fraction of sp³-hybridized carbons (Fsp3) is 0.364. The summed E-state index contributed by atoms with van der Waals surface area (Å²) in [6.07, 6.45) is -4.71. The molecule has 0 aliphatic carbocycles. The van der Waals surface area contributed by atoms with Gasteiger partial charge in [-0.25, -0.2) is 0 Å². The largest absolute Gasteiger partial charge is 0.496 e. The summed E-state index contributed by atoms with van der Waals surface area (Å²) in [5.74, 6) is -3.25. The molecule has 0 fully saturated rings. The van der Waals surface area contributed by atoms with E-state index in [-0.39, 0.29) is 17.1 Å². The molecular weight excluding hydrogens is 287 g/mol. The maximum absolute atomic E-state index is 12.8. The molecule has 106 valence electrons. The van der Waals surface area contributed by atoms with E-state index in [0.717, 1.165) is 13.2 Å². The highest BCUT2D eigenvalue weighted by atomic mass is 35.5. The van der Waals surface area contributed by atoms with E-state index in [1.807, 2.05) is 0 Å². The number of hydrogen-bond acceptors (Lipinski definition) is 3. The summed E-state index contributed by atoms with van der Waals surface area (Å²) in [5, 5.41) is 8.74. The predicted molar refractivity (Wildman–Crippen MR) is 62.4 cm³/mol. The van der Waals surface area contributed by atoms with Crippen LogP contribution in [0.15, 0.2) is 12.1 Å². The van der Waals surface area contributed by atoms with E-state index >= 15 is 0 Å². The average Bonchev–Trinajstić information content (AvgIpc) is 2.27. The Balaban J connectivity index is 3.56. The van der Waals surface area contributed by atoms with Crippen LogP contribution in [0, 0.1) is 0 Å². The van der Waals surface area contributed by atoms with Crippen molar-refractivity contribution >= 4 is 17.6 Å². The molecule has 0 saturated heterocycles. The summed E-state index contributed by atoms with van der Waals surface area (Å²) in [6, 6.07) is 1.79. The normalized spacial score (nSPS) is 13.2. The third-order valence-corrected chi connectivity index (χ3v) is 2.72. The van der Waals surface area contributed by atoms with Gasteiger partial charge in [-0.05, 0) is 12.1 Å². The number of methoxy groups -OCH3 is 1. The third kappa shape index (κ3) is 3.30. The van der Waals surface area contributed by atoms with Crippen molar-refractivity contribution in [2.75, 3.05) is 13.7 Å². The molecule has 1 atom stereocenters. The standard InChI is InChI=1S/C11H11ClF3NO3/c1-19-9-6(7(4-16)10(17)18)2-5(12)3-8(9)11(13,14)15/h2-3,7H,4,16H2,1H3,(H,17,18). The van der Waals surface area contributed by atoms with Crippen LogP contribution in [0.2, 0.25) is 5.02 Å². The van der Waals surface area contributed by atoms with Crippen LogP contribution in [-0.4, -0.2) is 24.7 Å². The minimum Gasteiger partial charge on any atom is -0.496 e. The van der Waals surface area contributed by atoms with Crippen LogP contribution in [-0.2, 0) is 11.0 Å². The second-order valence-corrected chi connectivity index (χ2v) is 4.14. The molecule has 1 rings (SSSR count). The number of carboxylic acids is 1. The second-order valence-electron chi connectivity index (χ2n) is 3.70. The Morgan fingerprint density at radius 1 is 1.53 bits per heavy atom. The smallest absolute Gasteiger partial charge is 0.420 e. The highest BCUT2D eigenvalue weighted by Crippen LogP contribution is 2.42. The van der Waals surface area contributed by atoms with Gasteiger partial charge in [-0.1, -0.05) is 11.6 Å². The summed E-state index contributed by atoms with van der Waals surface area (Å²) in [5.41, 5.74) is 3.95. The Morgan fingerprint density at radius 3 is 2.47 bits per heavy atom. The zero-order chi connectivity index (χ0) is 14.8. The predicted octanol–water partition coefficient (Wildman–Crippen LogP) is 2.49. The van der Waals surface area contributed by atoms with Crippen molar-refractivity contribution in [3.05, 3.63) is 28.3 Å². The molecule has 19 heavy (non-hydrogen) atoms. The summed E-state index contributed by atoms with van der Waals surface area (Å²) in [4.78, 5) is 11.0. The number of benzene rings is 1. The molecule has 0 bridgehead atoms.